The number of amides is 2. The Morgan fingerprint density at radius 2 is 2.12 bits per heavy atom. The molecule has 8 heteroatoms. The molecule has 3 rings (SSSR count). The first-order valence-corrected chi connectivity index (χ1v) is 8.57. The summed E-state index contributed by atoms with van der Waals surface area (Å²) in [6.45, 7) is 1.61. The maximum absolute atomic E-state index is 12.7. The molecular formula is C18H23N5O3. The molecule has 3 N–H and O–H groups in total. The van der Waals surface area contributed by atoms with Gasteiger partial charge >= 0.3 is 0 Å². The molecule has 0 spiro atoms. The maximum Gasteiger partial charge on any atom is 0.275 e. The molecule has 0 aliphatic carbocycles. The minimum absolute atomic E-state index is 0.0535. The normalized spacial score (nSPS) is 17.7. The van der Waals surface area contributed by atoms with E-state index in [0.29, 0.717) is 12.3 Å². The minimum atomic E-state index is -0.361. The van der Waals surface area contributed by atoms with Gasteiger partial charge in [-0.2, -0.15) is 5.10 Å². The lowest BCUT2D eigenvalue weighted by molar-refractivity contribution is -0.119. The Morgan fingerprint density at radius 1 is 1.35 bits per heavy atom. The number of carbonyl (C=O) groups is 2. The Bertz CT molecular complexity index is 774. The molecule has 1 aromatic carbocycles. The van der Waals surface area contributed by atoms with Crippen LogP contribution in [-0.4, -0.2) is 59.3 Å². The van der Waals surface area contributed by atoms with Crippen LogP contribution in [-0.2, 0) is 4.79 Å². The zero-order valence-electron chi connectivity index (χ0n) is 14.7. The molecule has 0 bridgehead atoms. The summed E-state index contributed by atoms with van der Waals surface area (Å²) >= 11 is 0. The third-order valence-corrected chi connectivity index (χ3v) is 4.36. The van der Waals surface area contributed by atoms with Gasteiger partial charge in [-0.1, -0.05) is 18.2 Å². The zero-order valence-corrected chi connectivity index (χ0v) is 14.7. The number of hydrogen-bond acceptors (Lipinski definition) is 5. The number of benzene rings is 1. The number of primary amides is 1. The van der Waals surface area contributed by atoms with Gasteiger partial charge in [0, 0.05) is 12.6 Å². The predicted octanol–water partition coefficient (Wildman–Crippen LogP) is 0.560. The fourth-order valence-corrected chi connectivity index (χ4v) is 3.17. The first-order valence-electron chi connectivity index (χ1n) is 8.57. The van der Waals surface area contributed by atoms with E-state index in [0.717, 1.165) is 25.1 Å². The summed E-state index contributed by atoms with van der Waals surface area (Å²) in [5, 5.41) is 7.37. The largest absolute Gasteiger partial charge is 0.493 e. The van der Waals surface area contributed by atoms with Crippen LogP contribution in [0.25, 0.3) is 5.69 Å². The lowest BCUT2D eigenvalue weighted by Crippen LogP contribution is -2.49. The van der Waals surface area contributed by atoms with Crippen LogP contribution < -0.4 is 15.8 Å². The fourth-order valence-electron chi connectivity index (χ4n) is 3.17. The fraction of sp³-hybridized carbons (Fsp3) is 0.389. The van der Waals surface area contributed by atoms with E-state index in [2.05, 4.69) is 10.4 Å². The van der Waals surface area contributed by atoms with Gasteiger partial charge in [-0.15, -0.1) is 0 Å². The average molecular weight is 357 g/mol. The summed E-state index contributed by atoms with van der Waals surface area (Å²) in [6.07, 6.45) is 3.43. The number of likely N-dealkylation sites (tertiary alicyclic amines) is 1. The second-order valence-corrected chi connectivity index (χ2v) is 6.34. The standard InChI is InChI=1S/C18H23N5O3/c1-26-15-11-23(14-7-3-2-4-8-14)21-17(15)18(25)20-13-6-5-9-22(10-13)12-16(19)24/h2-4,7-8,11,13H,5-6,9-10,12H2,1H3,(H2,19,24)(H,20,25). The number of methoxy groups -OCH3 is 1. The van der Waals surface area contributed by atoms with Crippen LogP contribution in [0.2, 0.25) is 0 Å². The van der Waals surface area contributed by atoms with Crippen molar-refractivity contribution in [3.8, 4) is 11.4 Å². The molecule has 1 unspecified atom stereocenters. The highest BCUT2D eigenvalue weighted by molar-refractivity contribution is 5.95. The van der Waals surface area contributed by atoms with E-state index in [9.17, 15) is 9.59 Å². The number of ether oxygens (including phenoxy) is 1. The monoisotopic (exact) mass is 357 g/mol. The van der Waals surface area contributed by atoms with Crippen molar-refractivity contribution in [1.29, 1.82) is 0 Å². The number of rotatable bonds is 6. The molecule has 8 nitrogen and oxygen atoms in total. The lowest BCUT2D eigenvalue weighted by Gasteiger charge is -2.32. The zero-order chi connectivity index (χ0) is 18.5. The predicted molar refractivity (Wildman–Crippen MR) is 96.2 cm³/mol. The molecule has 1 aromatic heterocycles. The summed E-state index contributed by atoms with van der Waals surface area (Å²) in [6, 6.07) is 9.46. The van der Waals surface area contributed by atoms with Crippen LogP contribution in [0.1, 0.15) is 23.3 Å². The molecule has 2 aromatic rings. The Kier molecular flexibility index (Phi) is 5.52. The maximum atomic E-state index is 12.7. The lowest BCUT2D eigenvalue weighted by atomic mass is 10.1. The van der Waals surface area contributed by atoms with E-state index in [4.69, 9.17) is 10.5 Å². The van der Waals surface area contributed by atoms with Crippen molar-refractivity contribution in [3.63, 3.8) is 0 Å². The van der Waals surface area contributed by atoms with Crippen molar-refractivity contribution >= 4 is 11.8 Å². The summed E-state index contributed by atoms with van der Waals surface area (Å²) in [5.41, 5.74) is 6.34. The summed E-state index contributed by atoms with van der Waals surface area (Å²) in [5.74, 6) is -0.237. The van der Waals surface area contributed by atoms with Gasteiger partial charge in [-0.25, -0.2) is 4.68 Å². The molecule has 1 fully saturated rings. The Labute approximate surface area is 151 Å². The molecule has 2 heterocycles. The van der Waals surface area contributed by atoms with Crippen molar-refractivity contribution in [3.05, 3.63) is 42.2 Å². The molecule has 1 aliphatic rings. The van der Waals surface area contributed by atoms with Crippen molar-refractivity contribution in [1.82, 2.24) is 20.0 Å². The van der Waals surface area contributed by atoms with Crippen LogP contribution in [0.5, 0.6) is 5.75 Å². The first kappa shape index (κ1) is 17.9. The molecular weight excluding hydrogens is 334 g/mol. The van der Waals surface area contributed by atoms with Crippen LogP contribution in [0.15, 0.2) is 36.5 Å². The number of aromatic nitrogens is 2. The van der Waals surface area contributed by atoms with Crippen LogP contribution in [0.3, 0.4) is 0 Å². The molecule has 26 heavy (non-hydrogen) atoms. The van der Waals surface area contributed by atoms with Gasteiger partial charge in [-0.3, -0.25) is 14.5 Å². The molecule has 1 aliphatic heterocycles. The highest BCUT2D eigenvalue weighted by atomic mass is 16.5. The second kappa shape index (κ2) is 8.01. The number of hydrogen-bond donors (Lipinski definition) is 2. The Hall–Kier alpha value is -2.87. The van der Waals surface area contributed by atoms with E-state index in [1.165, 1.54) is 7.11 Å². The first-order chi connectivity index (χ1) is 12.6. The van der Waals surface area contributed by atoms with Gasteiger partial charge in [0.05, 0.1) is 25.5 Å². The molecule has 0 saturated carbocycles. The SMILES string of the molecule is COc1cn(-c2ccccc2)nc1C(=O)NC1CCCN(CC(N)=O)C1. The number of carbonyl (C=O) groups excluding carboxylic acids is 2. The van der Waals surface area contributed by atoms with Gasteiger partial charge < -0.3 is 15.8 Å². The van der Waals surface area contributed by atoms with Gasteiger partial charge in [0.2, 0.25) is 5.91 Å². The van der Waals surface area contributed by atoms with E-state index in [-0.39, 0.29) is 30.1 Å². The van der Waals surface area contributed by atoms with E-state index in [1.54, 1.807) is 10.9 Å². The number of nitrogens with zero attached hydrogens (tertiary/aromatic N) is 3. The van der Waals surface area contributed by atoms with Crippen molar-refractivity contribution in [2.45, 2.75) is 18.9 Å². The van der Waals surface area contributed by atoms with E-state index < -0.39 is 0 Å². The molecule has 0 radical (unpaired) electrons. The highest BCUT2D eigenvalue weighted by Gasteiger charge is 2.25. The van der Waals surface area contributed by atoms with Crippen LogP contribution >= 0.6 is 0 Å². The average Bonchev–Trinajstić information content (AvgIpc) is 3.07. The van der Waals surface area contributed by atoms with Crippen LogP contribution in [0.4, 0.5) is 0 Å². The minimum Gasteiger partial charge on any atom is -0.493 e. The van der Waals surface area contributed by atoms with Gasteiger partial charge in [0.1, 0.15) is 0 Å². The smallest absolute Gasteiger partial charge is 0.275 e. The van der Waals surface area contributed by atoms with Crippen molar-refractivity contribution in [2.24, 2.45) is 5.73 Å². The van der Waals surface area contributed by atoms with Crippen LogP contribution in [0, 0.1) is 0 Å². The number of para-hydroxylation sites is 1. The van der Waals surface area contributed by atoms with Crippen molar-refractivity contribution < 1.29 is 14.3 Å². The topological polar surface area (TPSA) is 102 Å². The third-order valence-electron chi connectivity index (χ3n) is 4.36. The van der Waals surface area contributed by atoms with Crippen molar-refractivity contribution in [2.75, 3.05) is 26.7 Å². The Balaban J connectivity index is 1.71. The summed E-state index contributed by atoms with van der Waals surface area (Å²) in [4.78, 5) is 25.7. The number of piperidine rings is 1. The molecule has 2 amide bonds. The Morgan fingerprint density at radius 3 is 2.81 bits per heavy atom. The third kappa shape index (κ3) is 4.20. The van der Waals surface area contributed by atoms with Gasteiger partial charge in [0.15, 0.2) is 11.4 Å². The van der Waals surface area contributed by atoms with Gasteiger partial charge in [-0.05, 0) is 31.5 Å². The molecule has 138 valence electrons. The number of nitrogens with two attached hydrogens (primary N) is 1. The second-order valence-electron chi connectivity index (χ2n) is 6.34. The summed E-state index contributed by atoms with van der Waals surface area (Å²) < 4.78 is 6.93. The highest BCUT2D eigenvalue weighted by Crippen LogP contribution is 2.20. The van der Waals surface area contributed by atoms with Gasteiger partial charge in [0.25, 0.3) is 5.91 Å². The number of nitrogens with one attached hydrogen (secondary N) is 1. The quantitative estimate of drug-likeness (QED) is 0.786. The molecule has 1 atom stereocenters. The summed E-state index contributed by atoms with van der Waals surface area (Å²) in [7, 11) is 1.51. The molecule has 1 saturated heterocycles. The van der Waals surface area contributed by atoms with E-state index >= 15 is 0 Å². The van der Waals surface area contributed by atoms with E-state index in [1.807, 2.05) is 35.2 Å².